The highest BCUT2D eigenvalue weighted by molar-refractivity contribution is 5.42. The van der Waals surface area contributed by atoms with E-state index in [4.69, 9.17) is 9.84 Å². The molecule has 3 heteroatoms. The predicted octanol–water partition coefficient (Wildman–Crippen LogP) is 2.82. The molecular formula is C16H25NO2. The van der Waals surface area contributed by atoms with Gasteiger partial charge in [0.2, 0.25) is 0 Å². The van der Waals surface area contributed by atoms with Crippen LogP contribution in [-0.2, 0) is 0 Å². The van der Waals surface area contributed by atoms with E-state index in [2.05, 4.69) is 30.4 Å². The average molecular weight is 263 g/mol. The first kappa shape index (κ1) is 14.4. The molecule has 0 spiro atoms. The molecule has 0 radical (unpaired) electrons. The van der Waals surface area contributed by atoms with Gasteiger partial charge in [0.25, 0.3) is 0 Å². The second kappa shape index (κ2) is 6.92. The highest BCUT2D eigenvalue weighted by Gasteiger charge is 2.25. The van der Waals surface area contributed by atoms with Crippen molar-refractivity contribution in [1.82, 2.24) is 5.32 Å². The minimum Gasteiger partial charge on any atom is -0.493 e. The number of rotatable bonds is 5. The van der Waals surface area contributed by atoms with Crippen LogP contribution in [0, 0.1) is 12.8 Å². The van der Waals surface area contributed by atoms with Crippen LogP contribution in [0.15, 0.2) is 18.2 Å². The molecule has 1 aromatic carbocycles. The first-order chi connectivity index (χ1) is 9.26. The summed E-state index contributed by atoms with van der Waals surface area (Å²) < 4.78 is 5.83. The van der Waals surface area contributed by atoms with E-state index in [1.807, 2.05) is 6.92 Å². The third-order valence-corrected chi connectivity index (χ3v) is 3.96. The number of aliphatic hydroxyl groups excluding tert-OH is 1. The molecule has 1 saturated heterocycles. The van der Waals surface area contributed by atoms with E-state index in [0.29, 0.717) is 25.2 Å². The molecule has 1 aliphatic rings. The van der Waals surface area contributed by atoms with Crippen molar-refractivity contribution in [2.45, 2.75) is 39.2 Å². The van der Waals surface area contributed by atoms with E-state index in [1.54, 1.807) is 0 Å². The summed E-state index contributed by atoms with van der Waals surface area (Å²) in [6, 6.07) is 6.72. The molecule has 2 atom stereocenters. The van der Waals surface area contributed by atoms with Gasteiger partial charge in [-0.05, 0) is 51.1 Å². The maximum atomic E-state index is 9.11. The van der Waals surface area contributed by atoms with Gasteiger partial charge in [-0.2, -0.15) is 0 Å². The highest BCUT2D eigenvalue weighted by atomic mass is 16.5. The third kappa shape index (κ3) is 3.48. The summed E-state index contributed by atoms with van der Waals surface area (Å²) in [7, 11) is 0. The quantitative estimate of drug-likeness (QED) is 0.858. The van der Waals surface area contributed by atoms with Crippen molar-refractivity contribution in [2.24, 2.45) is 5.92 Å². The van der Waals surface area contributed by atoms with E-state index in [9.17, 15) is 0 Å². The van der Waals surface area contributed by atoms with E-state index in [-0.39, 0.29) is 0 Å². The monoisotopic (exact) mass is 263 g/mol. The number of piperidine rings is 1. The van der Waals surface area contributed by atoms with Crippen LogP contribution in [0.4, 0.5) is 0 Å². The standard InChI is InChI=1S/C16H25NO2/c1-3-19-16-12(2)5-4-6-14(16)15-11-13(8-10-18)7-9-17-15/h4-6,13,15,17-18H,3,7-11H2,1-2H3. The molecule has 0 amide bonds. The van der Waals surface area contributed by atoms with Crippen molar-refractivity contribution in [1.29, 1.82) is 0 Å². The Labute approximate surface area is 116 Å². The Morgan fingerprint density at radius 2 is 2.26 bits per heavy atom. The molecule has 2 N–H and O–H groups in total. The van der Waals surface area contributed by atoms with Crippen molar-refractivity contribution in [3.63, 3.8) is 0 Å². The molecule has 1 heterocycles. The maximum absolute atomic E-state index is 9.11. The van der Waals surface area contributed by atoms with E-state index in [0.717, 1.165) is 31.6 Å². The molecule has 1 aliphatic heterocycles. The second-order valence-electron chi connectivity index (χ2n) is 5.34. The lowest BCUT2D eigenvalue weighted by Crippen LogP contribution is -2.32. The lowest BCUT2D eigenvalue weighted by Gasteiger charge is -2.31. The van der Waals surface area contributed by atoms with Crippen molar-refractivity contribution in [2.75, 3.05) is 19.8 Å². The van der Waals surface area contributed by atoms with Gasteiger partial charge >= 0.3 is 0 Å². The molecule has 0 aromatic heterocycles. The summed E-state index contributed by atoms with van der Waals surface area (Å²) >= 11 is 0. The van der Waals surface area contributed by atoms with Crippen molar-refractivity contribution >= 4 is 0 Å². The minimum absolute atomic E-state index is 0.295. The summed E-state index contributed by atoms with van der Waals surface area (Å²) in [5, 5.41) is 12.7. The van der Waals surface area contributed by atoms with Crippen LogP contribution in [0.2, 0.25) is 0 Å². The summed E-state index contributed by atoms with van der Waals surface area (Å²) in [6.45, 7) is 6.14. The van der Waals surface area contributed by atoms with Crippen LogP contribution in [0.5, 0.6) is 5.75 Å². The lowest BCUT2D eigenvalue weighted by atomic mass is 9.86. The molecule has 3 nitrogen and oxygen atoms in total. The summed E-state index contributed by atoms with van der Waals surface area (Å²) in [5.41, 5.74) is 2.47. The third-order valence-electron chi connectivity index (χ3n) is 3.96. The van der Waals surface area contributed by atoms with Crippen LogP contribution in [-0.4, -0.2) is 24.9 Å². The fraction of sp³-hybridized carbons (Fsp3) is 0.625. The van der Waals surface area contributed by atoms with Gasteiger partial charge in [0.15, 0.2) is 0 Å². The van der Waals surface area contributed by atoms with Crippen molar-refractivity contribution < 1.29 is 9.84 Å². The van der Waals surface area contributed by atoms with Gasteiger partial charge in [-0.15, -0.1) is 0 Å². The normalized spacial score (nSPS) is 23.3. The summed E-state index contributed by atoms with van der Waals surface area (Å²) in [5.74, 6) is 1.65. The number of para-hydroxylation sites is 1. The van der Waals surface area contributed by atoms with Gasteiger partial charge in [0.1, 0.15) is 5.75 Å². The Bertz CT molecular complexity index is 404. The van der Waals surface area contributed by atoms with Gasteiger partial charge in [-0.1, -0.05) is 18.2 Å². The lowest BCUT2D eigenvalue weighted by molar-refractivity contribution is 0.214. The molecule has 106 valence electrons. The maximum Gasteiger partial charge on any atom is 0.126 e. The Kier molecular flexibility index (Phi) is 5.23. The smallest absolute Gasteiger partial charge is 0.126 e. The molecular weight excluding hydrogens is 238 g/mol. The van der Waals surface area contributed by atoms with Gasteiger partial charge in [-0.25, -0.2) is 0 Å². The Morgan fingerprint density at radius 3 is 3.00 bits per heavy atom. The van der Waals surface area contributed by atoms with Crippen LogP contribution in [0.1, 0.15) is 43.4 Å². The Hall–Kier alpha value is -1.06. The molecule has 0 aliphatic carbocycles. The van der Waals surface area contributed by atoms with Crippen LogP contribution in [0.25, 0.3) is 0 Å². The largest absolute Gasteiger partial charge is 0.493 e. The molecule has 2 rings (SSSR count). The van der Waals surface area contributed by atoms with Gasteiger partial charge < -0.3 is 15.2 Å². The van der Waals surface area contributed by atoms with Crippen LogP contribution in [0.3, 0.4) is 0 Å². The minimum atomic E-state index is 0.295. The SMILES string of the molecule is CCOc1c(C)cccc1C1CC(CCO)CCN1. The average Bonchev–Trinajstić information content (AvgIpc) is 2.42. The molecule has 0 bridgehead atoms. The van der Waals surface area contributed by atoms with Crippen LogP contribution < -0.4 is 10.1 Å². The first-order valence-corrected chi connectivity index (χ1v) is 7.32. The summed E-state index contributed by atoms with van der Waals surface area (Å²) in [4.78, 5) is 0. The molecule has 2 unspecified atom stereocenters. The number of hydrogen-bond acceptors (Lipinski definition) is 3. The number of ether oxygens (including phenoxy) is 1. The zero-order valence-corrected chi connectivity index (χ0v) is 12.0. The molecule has 0 saturated carbocycles. The zero-order chi connectivity index (χ0) is 13.7. The number of aryl methyl sites for hydroxylation is 1. The predicted molar refractivity (Wildman–Crippen MR) is 77.5 cm³/mol. The number of benzene rings is 1. The van der Waals surface area contributed by atoms with Crippen molar-refractivity contribution in [3.05, 3.63) is 29.3 Å². The molecule has 1 aromatic rings. The Balaban J connectivity index is 2.18. The zero-order valence-electron chi connectivity index (χ0n) is 12.0. The molecule has 19 heavy (non-hydrogen) atoms. The van der Waals surface area contributed by atoms with E-state index < -0.39 is 0 Å². The fourth-order valence-electron chi connectivity index (χ4n) is 2.97. The van der Waals surface area contributed by atoms with Crippen molar-refractivity contribution in [3.8, 4) is 5.75 Å². The number of nitrogens with one attached hydrogen (secondary N) is 1. The van der Waals surface area contributed by atoms with Crippen LogP contribution >= 0.6 is 0 Å². The van der Waals surface area contributed by atoms with Gasteiger partial charge in [0, 0.05) is 18.2 Å². The Morgan fingerprint density at radius 1 is 1.42 bits per heavy atom. The number of hydrogen-bond donors (Lipinski definition) is 2. The molecule has 1 fully saturated rings. The summed E-state index contributed by atoms with van der Waals surface area (Å²) in [6.07, 6.45) is 3.16. The van der Waals surface area contributed by atoms with Gasteiger partial charge in [-0.3, -0.25) is 0 Å². The topological polar surface area (TPSA) is 41.5 Å². The van der Waals surface area contributed by atoms with Gasteiger partial charge in [0.05, 0.1) is 6.61 Å². The second-order valence-corrected chi connectivity index (χ2v) is 5.34. The fourth-order valence-corrected chi connectivity index (χ4v) is 2.97. The first-order valence-electron chi connectivity index (χ1n) is 7.32. The van der Waals surface area contributed by atoms with E-state index >= 15 is 0 Å². The van der Waals surface area contributed by atoms with E-state index in [1.165, 1.54) is 11.1 Å². The highest BCUT2D eigenvalue weighted by Crippen LogP contribution is 2.35. The number of aliphatic hydroxyl groups is 1.